The van der Waals surface area contributed by atoms with Crippen molar-refractivity contribution >= 4 is 6.29 Å². The molecule has 2 unspecified atom stereocenters. The molecule has 150 valence electrons. The summed E-state index contributed by atoms with van der Waals surface area (Å²) in [6, 6.07) is 3.48. The van der Waals surface area contributed by atoms with Crippen LogP contribution in [0.1, 0.15) is 87.1 Å². The van der Waals surface area contributed by atoms with Crippen LogP contribution in [-0.2, 0) is 4.74 Å². The zero-order valence-corrected chi connectivity index (χ0v) is 16.7. The Hall–Kier alpha value is -1.42. The first-order valence-electron chi connectivity index (χ1n) is 10.7. The topological polar surface area (TPSA) is 35.5 Å². The van der Waals surface area contributed by atoms with Crippen LogP contribution in [-0.4, -0.2) is 25.6 Å². The van der Waals surface area contributed by atoms with E-state index in [4.69, 9.17) is 9.47 Å². The van der Waals surface area contributed by atoms with Gasteiger partial charge in [-0.3, -0.25) is 4.79 Å². The molecule has 1 aromatic rings. The van der Waals surface area contributed by atoms with E-state index >= 15 is 0 Å². The molecule has 1 aliphatic heterocycles. The highest BCUT2D eigenvalue weighted by Gasteiger charge is 2.33. The summed E-state index contributed by atoms with van der Waals surface area (Å²) >= 11 is 0. The van der Waals surface area contributed by atoms with E-state index in [1.54, 1.807) is 12.1 Å². The molecule has 2 aliphatic rings. The molecule has 1 aliphatic carbocycles. The molecule has 1 heterocycles. The number of aldehydes is 1. The molecule has 3 rings (SSSR count). The van der Waals surface area contributed by atoms with Gasteiger partial charge in [0.1, 0.15) is 11.6 Å². The molecule has 4 heteroatoms. The minimum absolute atomic E-state index is 0.0204. The summed E-state index contributed by atoms with van der Waals surface area (Å²) in [5.74, 6) is 1.47. The fourth-order valence-electron chi connectivity index (χ4n) is 4.94. The maximum absolute atomic E-state index is 14.8. The second-order valence-corrected chi connectivity index (χ2v) is 8.15. The van der Waals surface area contributed by atoms with Gasteiger partial charge in [-0.1, -0.05) is 38.7 Å². The SMILES string of the molecule is CCCC1CCC(C2CCC(c3ccc(OCC)c(C=O)c3F)CO2)CC1. The highest BCUT2D eigenvalue weighted by atomic mass is 19.1. The fourth-order valence-corrected chi connectivity index (χ4v) is 4.94. The number of rotatable bonds is 7. The maximum atomic E-state index is 14.8. The first-order chi connectivity index (χ1) is 13.2. The molecule has 0 aromatic heterocycles. The van der Waals surface area contributed by atoms with Crippen LogP contribution in [0.5, 0.6) is 5.75 Å². The second kappa shape index (κ2) is 9.68. The summed E-state index contributed by atoms with van der Waals surface area (Å²) in [6.45, 7) is 5.05. The third kappa shape index (κ3) is 4.71. The molecule has 0 spiro atoms. The number of benzene rings is 1. The Morgan fingerprint density at radius 2 is 1.93 bits per heavy atom. The van der Waals surface area contributed by atoms with Crippen molar-refractivity contribution in [2.75, 3.05) is 13.2 Å². The zero-order chi connectivity index (χ0) is 19.2. The van der Waals surface area contributed by atoms with Crippen LogP contribution in [0.15, 0.2) is 12.1 Å². The van der Waals surface area contributed by atoms with Crippen molar-refractivity contribution in [3.63, 3.8) is 0 Å². The summed E-state index contributed by atoms with van der Waals surface area (Å²) < 4.78 is 26.4. The second-order valence-electron chi connectivity index (χ2n) is 8.15. The van der Waals surface area contributed by atoms with Gasteiger partial charge in [0, 0.05) is 5.92 Å². The summed E-state index contributed by atoms with van der Waals surface area (Å²) in [5, 5.41) is 0. The van der Waals surface area contributed by atoms with Gasteiger partial charge in [0.2, 0.25) is 0 Å². The third-order valence-corrected chi connectivity index (χ3v) is 6.45. The quantitative estimate of drug-likeness (QED) is 0.555. The van der Waals surface area contributed by atoms with Crippen molar-refractivity contribution in [2.24, 2.45) is 11.8 Å². The van der Waals surface area contributed by atoms with Crippen molar-refractivity contribution in [2.45, 2.75) is 77.2 Å². The lowest BCUT2D eigenvalue weighted by Crippen LogP contribution is -2.33. The molecule has 0 amide bonds. The Balaban J connectivity index is 1.59. The summed E-state index contributed by atoms with van der Waals surface area (Å²) in [5.41, 5.74) is 0.622. The number of hydrogen-bond acceptors (Lipinski definition) is 3. The lowest BCUT2D eigenvalue weighted by atomic mass is 9.75. The number of hydrogen-bond donors (Lipinski definition) is 0. The lowest BCUT2D eigenvalue weighted by molar-refractivity contribution is -0.0440. The monoisotopic (exact) mass is 376 g/mol. The van der Waals surface area contributed by atoms with E-state index in [2.05, 4.69) is 6.92 Å². The Kier molecular flexibility index (Phi) is 7.28. The van der Waals surface area contributed by atoms with E-state index in [0.717, 1.165) is 18.8 Å². The molecule has 27 heavy (non-hydrogen) atoms. The summed E-state index contributed by atoms with van der Waals surface area (Å²) in [4.78, 5) is 11.3. The molecule has 0 bridgehead atoms. The smallest absolute Gasteiger partial charge is 0.156 e. The van der Waals surface area contributed by atoms with Crippen LogP contribution in [0.3, 0.4) is 0 Å². The Morgan fingerprint density at radius 1 is 1.15 bits per heavy atom. The van der Waals surface area contributed by atoms with Crippen LogP contribution in [0, 0.1) is 17.7 Å². The highest BCUT2D eigenvalue weighted by Crippen LogP contribution is 2.40. The van der Waals surface area contributed by atoms with Gasteiger partial charge in [-0.15, -0.1) is 0 Å². The van der Waals surface area contributed by atoms with Gasteiger partial charge in [-0.25, -0.2) is 4.39 Å². The Morgan fingerprint density at radius 3 is 2.52 bits per heavy atom. The van der Waals surface area contributed by atoms with E-state index in [1.165, 1.54) is 38.5 Å². The molecule has 1 saturated heterocycles. The number of carbonyl (C=O) groups is 1. The predicted molar refractivity (Wildman–Crippen MR) is 105 cm³/mol. The molecule has 1 saturated carbocycles. The van der Waals surface area contributed by atoms with Crippen molar-refractivity contribution < 1.29 is 18.7 Å². The molecule has 2 atom stereocenters. The van der Waals surface area contributed by atoms with Crippen LogP contribution in [0.25, 0.3) is 0 Å². The van der Waals surface area contributed by atoms with Crippen molar-refractivity contribution in [1.82, 2.24) is 0 Å². The van der Waals surface area contributed by atoms with E-state index in [0.29, 0.717) is 42.8 Å². The molecular formula is C23H33FO3. The Bertz CT molecular complexity index is 614. The summed E-state index contributed by atoms with van der Waals surface area (Å²) in [7, 11) is 0. The first-order valence-corrected chi connectivity index (χ1v) is 10.7. The normalized spacial score (nSPS) is 28.7. The molecule has 3 nitrogen and oxygen atoms in total. The van der Waals surface area contributed by atoms with Gasteiger partial charge in [-0.05, 0) is 56.1 Å². The van der Waals surface area contributed by atoms with E-state index < -0.39 is 5.82 Å². The van der Waals surface area contributed by atoms with Gasteiger partial charge < -0.3 is 9.47 Å². The molecule has 1 aromatic carbocycles. The van der Waals surface area contributed by atoms with Crippen molar-refractivity contribution in [3.8, 4) is 5.75 Å². The van der Waals surface area contributed by atoms with E-state index in [-0.39, 0.29) is 11.5 Å². The van der Waals surface area contributed by atoms with Gasteiger partial charge in [0.15, 0.2) is 6.29 Å². The van der Waals surface area contributed by atoms with Crippen molar-refractivity contribution in [1.29, 1.82) is 0 Å². The van der Waals surface area contributed by atoms with E-state index in [9.17, 15) is 9.18 Å². The minimum atomic E-state index is -0.442. The number of carbonyl (C=O) groups excluding carboxylic acids is 1. The average Bonchev–Trinajstić information content (AvgIpc) is 2.70. The van der Waals surface area contributed by atoms with Gasteiger partial charge >= 0.3 is 0 Å². The van der Waals surface area contributed by atoms with Gasteiger partial charge in [0.05, 0.1) is 24.9 Å². The van der Waals surface area contributed by atoms with Crippen molar-refractivity contribution in [3.05, 3.63) is 29.1 Å². The summed E-state index contributed by atoms with van der Waals surface area (Å²) in [6.07, 6.45) is 10.6. The minimum Gasteiger partial charge on any atom is -0.493 e. The molecule has 0 radical (unpaired) electrons. The highest BCUT2D eigenvalue weighted by molar-refractivity contribution is 5.80. The number of ether oxygens (including phenoxy) is 2. The molecule has 0 N–H and O–H groups in total. The predicted octanol–water partition coefficient (Wildman–Crippen LogP) is 5.91. The maximum Gasteiger partial charge on any atom is 0.156 e. The average molecular weight is 377 g/mol. The number of halogens is 1. The Labute approximate surface area is 162 Å². The van der Waals surface area contributed by atoms with Gasteiger partial charge in [-0.2, -0.15) is 0 Å². The molecule has 2 fully saturated rings. The van der Waals surface area contributed by atoms with Crippen LogP contribution >= 0.6 is 0 Å². The van der Waals surface area contributed by atoms with Crippen LogP contribution < -0.4 is 4.74 Å². The van der Waals surface area contributed by atoms with Crippen LogP contribution in [0.2, 0.25) is 0 Å². The largest absolute Gasteiger partial charge is 0.493 e. The van der Waals surface area contributed by atoms with E-state index in [1.807, 2.05) is 6.92 Å². The zero-order valence-electron chi connectivity index (χ0n) is 16.7. The standard InChI is InChI=1S/C23H33FO3/c1-3-5-16-6-8-17(9-7-16)21-12-10-18(15-27-21)19-11-13-22(26-4-2)20(14-25)23(19)24/h11,13-14,16-18,21H,3-10,12,15H2,1-2H3. The van der Waals surface area contributed by atoms with Gasteiger partial charge in [0.25, 0.3) is 0 Å². The lowest BCUT2D eigenvalue weighted by Gasteiger charge is -2.38. The van der Waals surface area contributed by atoms with Crippen LogP contribution in [0.4, 0.5) is 4.39 Å². The fraction of sp³-hybridized carbons (Fsp3) is 0.696. The molecular weight excluding hydrogens is 343 g/mol. The third-order valence-electron chi connectivity index (χ3n) is 6.45. The first kappa shape index (κ1) is 20.3.